The fourth-order valence-electron chi connectivity index (χ4n) is 2.94. The molecule has 0 aromatic rings. The van der Waals surface area contributed by atoms with Crippen molar-refractivity contribution in [2.24, 2.45) is 0 Å². The average molecular weight is 320 g/mol. The highest BCUT2D eigenvalue weighted by atomic mass is 31.2. The standard InChI is InChI=1S/C16H34O2P2/c1-10-18-15(17)16(19(11(2)3)12(4)5)20(13(6)7)14(8)9/h11-14,16H,10H2,1-9H3. The smallest absolute Gasteiger partial charge is 0.317 e. The Balaban J connectivity index is 5.60. The SMILES string of the molecule is CCOC(=O)C(P(C(C)C)C(C)C)P(C(C)C)C(C)C. The number of hydrogen-bond acceptors (Lipinski definition) is 2. The van der Waals surface area contributed by atoms with Crippen LogP contribution in [0.5, 0.6) is 0 Å². The molecule has 4 heteroatoms. The summed E-state index contributed by atoms with van der Waals surface area (Å²) in [7, 11) is -0.686. The van der Waals surface area contributed by atoms with E-state index in [-0.39, 0.29) is 27.2 Å². The van der Waals surface area contributed by atoms with Gasteiger partial charge in [-0.1, -0.05) is 71.2 Å². The van der Waals surface area contributed by atoms with E-state index in [4.69, 9.17) is 4.74 Å². The number of rotatable bonds is 8. The van der Waals surface area contributed by atoms with E-state index in [9.17, 15) is 4.79 Å². The maximum atomic E-state index is 12.7. The van der Waals surface area contributed by atoms with E-state index in [1.165, 1.54) is 0 Å². The lowest BCUT2D eigenvalue weighted by Gasteiger charge is -2.41. The molecule has 0 aliphatic heterocycles. The molecule has 0 spiro atoms. The van der Waals surface area contributed by atoms with E-state index in [1.807, 2.05) is 6.92 Å². The summed E-state index contributed by atoms with van der Waals surface area (Å²) in [6.45, 7) is 20.6. The molecule has 0 aromatic heterocycles. The van der Waals surface area contributed by atoms with Crippen molar-refractivity contribution < 1.29 is 9.53 Å². The van der Waals surface area contributed by atoms with Gasteiger partial charge in [-0.25, -0.2) is 0 Å². The van der Waals surface area contributed by atoms with Crippen LogP contribution in [0.3, 0.4) is 0 Å². The van der Waals surface area contributed by atoms with Crippen molar-refractivity contribution in [2.45, 2.75) is 90.3 Å². The van der Waals surface area contributed by atoms with Gasteiger partial charge in [0.1, 0.15) is 0 Å². The van der Waals surface area contributed by atoms with Gasteiger partial charge < -0.3 is 4.74 Å². The van der Waals surface area contributed by atoms with Crippen molar-refractivity contribution in [1.82, 2.24) is 0 Å². The molecule has 0 radical (unpaired) electrons. The van der Waals surface area contributed by atoms with E-state index in [0.29, 0.717) is 29.2 Å². The first-order valence-electron chi connectivity index (χ1n) is 7.86. The van der Waals surface area contributed by atoms with Gasteiger partial charge in [-0.2, -0.15) is 0 Å². The van der Waals surface area contributed by atoms with Crippen LogP contribution in [-0.4, -0.2) is 40.6 Å². The van der Waals surface area contributed by atoms with Crippen molar-refractivity contribution >= 4 is 21.8 Å². The second kappa shape index (κ2) is 9.37. The molecule has 120 valence electrons. The molecule has 20 heavy (non-hydrogen) atoms. The number of esters is 1. The van der Waals surface area contributed by atoms with Crippen LogP contribution >= 0.6 is 15.8 Å². The minimum absolute atomic E-state index is 0.0644. The highest BCUT2D eigenvalue weighted by Crippen LogP contribution is 2.66. The molecule has 0 aliphatic rings. The van der Waals surface area contributed by atoms with Crippen molar-refractivity contribution in [3.05, 3.63) is 0 Å². The Kier molecular flexibility index (Phi) is 9.52. The lowest BCUT2D eigenvalue weighted by Crippen LogP contribution is -2.30. The minimum Gasteiger partial charge on any atom is -0.465 e. The van der Waals surface area contributed by atoms with Crippen LogP contribution in [0.4, 0.5) is 0 Å². The Labute approximate surface area is 128 Å². The van der Waals surface area contributed by atoms with Gasteiger partial charge >= 0.3 is 5.97 Å². The van der Waals surface area contributed by atoms with Gasteiger partial charge in [-0.05, 0) is 29.6 Å². The Morgan fingerprint density at radius 1 is 0.800 bits per heavy atom. The van der Waals surface area contributed by atoms with Gasteiger partial charge in [0.2, 0.25) is 0 Å². The van der Waals surface area contributed by atoms with Crippen LogP contribution in [0, 0.1) is 0 Å². The summed E-state index contributed by atoms with van der Waals surface area (Å²) in [5.41, 5.74) is 2.28. The first kappa shape index (κ1) is 20.3. The third kappa shape index (κ3) is 5.61. The molecule has 0 saturated heterocycles. The summed E-state index contributed by atoms with van der Waals surface area (Å²) >= 11 is 0. The summed E-state index contributed by atoms with van der Waals surface area (Å²) in [5, 5.41) is 0.139. The molecule has 0 unspecified atom stereocenters. The van der Waals surface area contributed by atoms with E-state index < -0.39 is 0 Å². The molecular weight excluding hydrogens is 286 g/mol. The summed E-state index contributed by atoms with van der Waals surface area (Å²) in [4.78, 5) is 12.7. The van der Waals surface area contributed by atoms with Gasteiger partial charge in [-0.15, -0.1) is 0 Å². The first-order chi connectivity index (χ1) is 9.14. The summed E-state index contributed by atoms with van der Waals surface area (Å²) < 4.78 is 5.46. The summed E-state index contributed by atoms with van der Waals surface area (Å²) in [5.74, 6) is 0.0644. The quantitative estimate of drug-likeness (QED) is 0.438. The molecule has 0 aliphatic carbocycles. The zero-order valence-electron chi connectivity index (χ0n) is 14.8. The lowest BCUT2D eigenvalue weighted by molar-refractivity contribution is -0.140. The van der Waals surface area contributed by atoms with Crippen molar-refractivity contribution in [3.8, 4) is 0 Å². The second-order valence-corrected chi connectivity index (χ2v) is 13.8. The molecular formula is C16H34O2P2. The number of carbonyl (C=O) groups is 1. The summed E-state index contributed by atoms with van der Waals surface area (Å²) in [6.07, 6.45) is 0. The predicted octanol–water partition coefficient (Wildman–Crippen LogP) is 5.47. The predicted molar refractivity (Wildman–Crippen MR) is 94.8 cm³/mol. The monoisotopic (exact) mass is 320 g/mol. The number of hydrogen-bond donors (Lipinski definition) is 0. The summed E-state index contributed by atoms with van der Waals surface area (Å²) in [6, 6.07) is 0. The van der Waals surface area contributed by atoms with Gasteiger partial charge in [0.25, 0.3) is 0 Å². The average Bonchev–Trinajstić information content (AvgIpc) is 2.26. The molecule has 0 aromatic carbocycles. The molecule has 0 fully saturated rings. The Morgan fingerprint density at radius 3 is 1.30 bits per heavy atom. The van der Waals surface area contributed by atoms with Crippen LogP contribution in [0.1, 0.15) is 62.3 Å². The van der Waals surface area contributed by atoms with E-state index in [1.54, 1.807) is 0 Å². The van der Waals surface area contributed by atoms with E-state index >= 15 is 0 Å². The largest absolute Gasteiger partial charge is 0.465 e. The van der Waals surface area contributed by atoms with Crippen LogP contribution in [0.25, 0.3) is 0 Å². The fraction of sp³-hybridized carbons (Fsp3) is 0.938. The molecule has 0 rings (SSSR count). The zero-order valence-corrected chi connectivity index (χ0v) is 16.6. The molecule has 0 N–H and O–H groups in total. The topological polar surface area (TPSA) is 26.3 Å². The molecule has 0 amide bonds. The van der Waals surface area contributed by atoms with Crippen LogP contribution in [-0.2, 0) is 9.53 Å². The first-order valence-corrected chi connectivity index (χ1v) is 11.0. The van der Waals surface area contributed by atoms with Crippen LogP contribution in [0.15, 0.2) is 0 Å². The van der Waals surface area contributed by atoms with Gasteiger partial charge in [0, 0.05) is 0 Å². The Hall–Kier alpha value is 0.330. The van der Waals surface area contributed by atoms with Crippen molar-refractivity contribution in [1.29, 1.82) is 0 Å². The van der Waals surface area contributed by atoms with Gasteiger partial charge in [0.15, 0.2) is 0 Å². The molecule has 0 atom stereocenters. The number of carbonyl (C=O) groups excluding carboxylic acids is 1. The minimum atomic E-state index is -0.343. The van der Waals surface area contributed by atoms with Crippen molar-refractivity contribution in [3.63, 3.8) is 0 Å². The molecule has 0 heterocycles. The van der Waals surface area contributed by atoms with Gasteiger partial charge in [-0.3, -0.25) is 4.79 Å². The fourth-order valence-corrected chi connectivity index (χ4v) is 12.6. The second-order valence-electron chi connectivity index (χ2n) is 6.40. The van der Waals surface area contributed by atoms with Crippen LogP contribution < -0.4 is 0 Å². The lowest BCUT2D eigenvalue weighted by atomic mass is 10.5. The third-order valence-electron chi connectivity index (χ3n) is 3.45. The maximum absolute atomic E-state index is 12.7. The zero-order chi connectivity index (χ0) is 16.0. The van der Waals surface area contributed by atoms with Crippen molar-refractivity contribution in [2.75, 3.05) is 6.61 Å². The highest BCUT2D eigenvalue weighted by molar-refractivity contribution is 7.78. The normalized spacial score (nSPS) is 12.8. The number of ether oxygens (including phenoxy) is 1. The maximum Gasteiger partial charge on any atom is 0.317 e. The third-order valence-corrected chi connectivity index (χ3v) is 11.4. The molecule has 0 bridgehead atoms. The highest BCUT2D eigenvalue weighted by Gasteiger charge is 2.41. The molecule has 0 saturated carbocycles. The van der Waals surface area contributed by atoms with E-state index in [2.05, 4.69) is 55.4 Å². The van der Waals surface area contributed by atoms with Gasteiger partial charge in [0.05, 0.1) is 12.0 Å². The Morgan fingerprint density at radius 2 is 1.10 bits per heavy atom. The van der Waals surface area contributed by atoms with Crippen LogP contribution in [0.2, 0.25) is 0 Å². The molecule has 2 nitrogen and oxygen atoms in total. The Bertz CT molecular complexity index is 252. The van der Waals surface area contributed by atoms with E-state index in [0.717, 1.165) is 0 Å².